The zero-order valence-electron chi connectivity index (χ0n) is 12.5. The van der Waals surface area contributed by atoms with Gasteiger partial charge < -0.3 is 21.1 Å². The Hall–Kier alpha value is -2.08. The number of carbonyl (C=O) groups is 2. The van der Waals surface area contributed by atoms with E-state index in [1.807, 2.05) is 20.8 Å². The number of benzene rings is 1. The average molecular weight is 291 g/mol. The maximum Gasteiger partial charge on any atom is 0.260 e. The summed E-state index contributed by atoms with van der Waals surface area (Å²) in [6.45, 7) is 5.77. The molecule has 114 valence electrons. The summed E-state index contributed by atoms with van der Waals surface area (Å²) < 4.78 is 5.53. The number of fused-ring (bicyclic) bond motifs is 1. The molecule has 1 aromatic carbocycles. The van der Waals surface area contributed by atoms with Gasteiger partial charge in [-0.25, -0.2) is 0 Å². The number of nitrogens with two attached hydrogens (primary N) is 2. The quantitative estimate of drug-likeness (QED) is 0.835. The number of para-hydroxylation sites is 2. The molecule has 0 fully saturated rings. The van der Waals surface area contributed by atoms with E-state index < -0.39 is 18.1 Å². The van der Waals surface area contributed by atoms with Crippen LogP contribution in [-0.2, 0) is 9.59 Å². The minimum Gasteiger partial charge on any atom is -0.477 e. The van der Waals surface area contributed by atoms with E-state index in [4.69, 9.17) is 16.2 Å². The van der Waals surface area contributed by atoms with Crippen molar-refractivity contribution in [2.24, 2.45) is 16.9 Å². The third-order valence-corrected chi connectivity index (χ3v) is 3.56. The van der Waals surface area contributed by atoms with Crippen LogP contribution in [0.2, 0.25) is 0 Å². The molecule has 0 bridgehead atoms. The molecular formula is C15H21N3O3. The zero-order valence-corrected chi connectivity index (χ0v) is 12.5. The fourth-order valence-electron chi connectivity index (χ4n) is 2.13. The van der Waals surface area contributed by atoms with Crippen LogP contribution in [0, 0.1) is 5.41 Å². The molecule has 1 aliphatic heterocycles. The molecule has 6 nitrogen and oxygen atoms in total. The number of amides is 2. The molecule has 0 aliphatic carbocycles. The lowest BCUT2D eigenvalue weighted by atomic mass is 9.86. The van der Waals surface area contributed by atoms with Crippen molar-refractivity contribution in [2.75, 3.05) is 11.4 Å². The lowest BCUT2D eigenvalue weighted by molar-refractivity contribution is -0.126. The first-order valence-electron chi connectivity index (χ1n) is 6.84. The Kier molecular flexibility index (Phi) is 3.91. The maximum absolute atomic E-state index is 12.7. The molecule has 0 saturated carbocycles. The molecule has 1 heterocycles. The lowest BCUT2D eigenvalue weighted by Crippen LogP contribution is -2.56. The summed E-state index contributed by atoms with van der Waals surface area (Å²) in [7, 11) is 0. The van der Waals surface area contributed by atoms with Gasteiger partial charge in [-0.2, -0.15) is 0 Å². The molecule has 0 aromatic heterocycles. The minimum absolute atomic E-state index is 0.0783. The molecule has 21 heavy (non-hydrogen) atoms. The van der Waals surface area contributed by atoms with Gasteiger partial charge in [0.2, 0.25) is 5.91 Å². The predicted molar refractivity (Wildman–Crippen MR) is 79.8 cm³/mol. The molecule has 1 unspecified atom stereocenters. The van der Waals surface area contributed by atoms with Crippen molar-refractivity contribution < 1.29 is 14.3 Å². The summed E-state index contributed by atoms with van der Waals surface area (Å²) in [5.41, 5.74) is 11.6. The van der Waals surface area contributed by atoms with Gasteiger partial charge in [0.25, 0.3) is 5.91 Å². The van der Waals surface area contributed by atoms with Gasteiger partial charge in [-0.3, -0.25) is 9.59 Å². The summed E-state index contributed by atoms with van der Waals surface area (Å²) in [5, 5.41) is 0. The molecule has 4 N–H and O–H groups in total. The monoisotopic (exact) mass is 291 g/mol. The Morgan fingerprint density at radius 3 is 2.52 bits per heavy atom. The largest absolute Gasteiger partial charge is 0.477 e. The standard InChI is InChI=1S/C15H21N3O3/c1-15(2,3)12(16)14(20)18-8-11(13(17)19)21-10-7-5-4-6-9(10)18/h4-7,11-12H,8,16H2,1-3H3,(H2,17,19)/t11?,12-/m0/s1. The van der Waals surface area contributed by atoms with Crippen LogP contribution in [-0.4, -0.2) is 30.5 Å². The molecule has 2 amide bonds. The fraction of sp³-hybridized carbons (Fsp3) is 0.467. The van der Waals surface area contributed by atoms with E-state index in [1.54, 1.807) is 24.3 Å². The number of anilines is 1. The van der Waals surface area contributed by atoms with Crippen molar-refractivity contribution in [3.63, 3.8) is 0 Å². The number of hydrogen-bond acceptors (Lipinski definition) is 4. The SMILES string of the molecule is CC(C)(C)[C@@H](N)C(=O)N1CC(C(N)=O)Oc2ccccc21. The van der Waals surface area contributed by atoms with Crippen LogP contribution in [0.1, 0.15) is 20.8 Å². The van der Waals surface area contributed by atoms with Crippen LogP contribution >= 0.6 is 0 Å². The van der Waals surface area contributed by atoms with E-state index in [9.17, 15) is 9.59 Å². The van der Waals surface area contributed by atoms with Gasteiger partial charge in [0.15, 0.2) is 6.10 Å². The van der Waals surface area contributed by atoms with Crippen LogP contribution in [0.25, 0.3) is 0 Å². The molecule has 6 heteroatoms. The zero-order chi connectivity index (χ0) is 15.8. The highest BCUT2D eigenvalue weighted by atomic mass is 16.5. The Morgan fingerprint density at radius 2 is 1.95 bits per heavy atom. The van der Waals surface area contributed by atoms with Gasteiger partial charge in [0, 0.05) is 0 Å². The third kappa shape index (κ3) is 3.00. The van der Waals surface area contributed by atoms with Gasteiger partial charge in [-0.15, -0.1) is 0 Å². The second-order valence-corrected chi connectivity index (χ2v) is 6.27. The fourth-order valence-corrected chi connectivity index (χ4v) is 2.13. The molecule has 0 saturated heterocycles. The molecule has 1 aliphatic rings. The predicted octanol–water partition coefficient (Wildman–Crippen LogP) is 0.639. The number of primary amides is 1. The normalized spacial score (nSPS) is 19.4. The van der Waals surface area contributed by atoms with E-state index in [2.05, 4.69) is 0 Å². The number of hydrogen-bond donors (Lipinski definition) is 2. The van der Waals surface area contributed by atoms with Crippen LogP contribution in [0.3, 0.4) is 0 Å². The number of carbonyl (C=O) groups excluding carboxylic acids is 2. The molecule has 0 radical (unpaired) electrons. The van der Waals surface area contributed by atoms with Gasteiger partial charge in [-0.1, -0.05) is 32.9 Å². The minimum atomic E-state index is -0.865. The van der Waals surface area contributed by atoms with E-state index >= 15 is 0 Å². The van der Waals surface area contributed by atoms with Crippen molar-refractivity contribution in [1.29, 1.82) is 0 Å². The van der Waals surface area contributed by atoms with E-state index in [0.29, 0.717) is 11.4 Å². The molecule has 0 spiro atoms. The summed E-state index contributed by atoms with van der Waals surface area (Å²) >= 11 is 0. The Labute approximate surface area is 124 Å². The number of rotatable bonds is 2. The third-order valence-electron chi connectivity index (χ3n) is 3.56. The topological polar surface area (TPSA) is 98.7 Å². The van der Waals surface area contributed by atoms with E-state index in [0.717, 1.165) is 0 Å². The van der Waals surface area contributed by atoms with Crippen molar-refractivity contribution in [2.45, 2.75) is 32.9 Å². The van der Waals surface area contributed by atoms with Crippen LogP contribution in [0.5, 0.6) is 5.75 Å². The highest BCUT2D eigenvalue weighted by Gasteiger charge is 2.37. The highest BCUT2D eigenvalue weighted by Crippen LogP contribution is 2.34. The summed E-state index contributed by atoms with van der Waals surface area (Å²) in [6, 6.07) is 6.36. The molecule has 1 aromatic rings. The molecule has 2 atom stereocenters. The lowest BCUT2D eigenvalue weighted by Gasteiger charge is -2.37. The first-order valence-corrected chi connectivity index (χ1v) is 6.84. The highest BCUT2D eigenvalue weighted by molar-refractivity contribution is 6.00. The smallest absolute Gasteiger partial charge is 0.260 e. The summed E-state index contributed by atoms with van der Waals surface area (Å²) in [4.78, 5) is 25.6. The van der Waals surface area contributed by atoms with Crippen LogP contribution in [0.15, 0.2) is 24.3 Å². The van der Waals surface area contributed by atoms with Crippen LogP contribution < -0.4 is 21.1 Å². The first-order chi connectivity index (χ1) is 9.71. The molecular weight excluding hydrogens is 270 g/mol. The van der Waals surface area contributed by atoms with Gasteiger partial charge in [0.1, 0.15) is 5.75 Å². The first kappa shape index (κ1) is 15.3. The van der Waals surface area contributed by atoms with E-state index in [-0.39, 0.29) is 17.9 Å². The van der Waals surface area contributed by atoms with Crippen molar-refractivity contribution in [3.8, 4) is 5.75 Å². The van der Waals surface area contributed by atoms with Crippen molar-refractivity contribution in [3.05, 3.63) is 24.3 Å². The van der Waals surface area contributed by atoms with Gasteiger partial charge in [0.05, 0.1) is 18.3 Å². The Balaban J connectivity index is 2.38. The summed E-state index contributed by atoms with van der Waals surface area (Å²) in [6.07, 6.45) is -0.865. The van der Waals surface area contributed by atoms with Gasteiger partial charge in [-0.05, 0) is 17.5 Å². The van der Waals surface area contributed by atoms with Crippen molar-refractivity contribution in [1.82, 2.24) is 0 Å². The molecule has 2 rings (SSSR count). The number of nitrogens with zero attached hydrogens (tertiary/aromatic N) is 1. The summed E-state index contributed by atoms with van der Waals surface area (Å²) in [5.74, 6) is -0.391. The Morgan fingerprint density at radius 1 is 1.33 bits per heavy atom. The number of ether oxygens (including phenoxy) is 1. The van der Waals surface area contributed by atoms with Crippen molar-refractivity contribution >= 4 is 17.5 Å². The van der Waals surface area contributed by atoms with Gasteiger partial charge >= 0.3 is 0 Å². The van der Waals surface area contributed by atoms with Crippen LogP contribution in [0.4, 0.5) is 5.69 Å². The average Bonchev–Trinajstić information content (AvgIpc) is 2.43. The maximum atomic E-state index is 12.7. The second kappa shape index (κ2) is 5.37. The second-order valence-electron chi connectivity index (χ2n) is 6.27. The Bertz CT molecular complexity index is 566. The van der Waals surface area contributed by atoms with E-state index in [1.165, 1.54) is 4.90 Å².